The van der Waals surface area contributed by atoms with Crippen LogP contribution in [-0.2, 0) is 5.54 Å². The Hall–Kier alpha value is -1.35. The minimum atomic E-state index is 0.262. The van der Waals surface area contributed by atoms with E-state index < -0.39 is 0 Å². The van der Waals surface area contributed by atoms with Gasteiger partial charge in [-0.15, -0.1) is 0 Å². The van der Waals surface area contributed by atoms with E-state index in [2.05, 4.69) is 46.6 Å². The van der Waals surface area contributed by atoms with E-state index in [0.29, 0.717) is 0 Å². The fourth-order valence-electron chi connectivity index (χ4n) is 3.74. The van der Waals surface area contributed by atoms with Gasteiger partial charge in [-0.2, -0.15) is 0 Å². The highest BCUT2D eigenvalue weighted by Gasteiger charge is 2.50. The molecule has 4 rings (SSSR count). The smallest absolute Gasteiger partial charge is 0.0469 e. The third-order valence-electron chi connectivity index (χ3n) is 5.03. The molecular weight excluding hydrogens is 292 g/mol. The minimum Gasteiger partial charge on any atom is -0.314 e. The third-order valence-corrected chi connectivity index (χ3v) is 5.28. The van der Waals surface area contributed by atoms with Crippen molar-refractivity contribution in [1.29, 1.82) is 0 Å². The Labute approximate surface area is 137 Å². The molecule has 2 aliphatic rings. The van der Waals surface area contributed by atoms with E-state index in [4.69, 9.17) is 11.6 Å². The highest BCUT2D eigenvalue weighted by molar-refractivity contribution is 6.30. The summed E-state index contributed by atoms with van der Waals surface area (Å²) in [5, 5.41) is 4.26. The van der Waals surface area contributed by atoms with Gasteiger partial charge in [-0.25, -0.2) is 0 Å². The Morgan fingerprint density at radius 1 is 0.909 bits per heavy atom. The van der Waals surface area contributed by atoms with Crippen LogP contribution >= 0.6 is 11.6 Å². The summed E-state index contributed by atoms with van der Waals surface area (Å²) in [7, 11) is 0. The Kier molecular flexibility index (Phi) is 3.69. The van der Waals surface area contributed by atoms with Crippen LogP contribution in [0, 0.1) is 0 Å². The summed E-state index contributed by atoms with van der Waals surface area (Å²) in [6, 6.07) is 17.1. The van der Waals surface area contributed by atoms with Gasteiger partial charge in [0.2, 0.25) is 0 Å². The molecule has 3 heteroatoms. The number of hydrogen-bond acceptors (Lipinski definition) is 2. The molecule has 1 aliphatic carbocycles. The van der Waals surface area contributed by atoms with Crippen LogP contribution in [-0.4, -0.2) is 31.1 Å². The average Bonchev–Trinajstić information content (AvgIpc) is 3.38. The first-order valence-corrected chi connectivity index (χ1v) is 8.49. The number of nitrogens with one attached hydrogen (secondary N) is 1. The van der Waals surface area contributed by atoms with Gasteiger partial charge in [0, 0.05) is 36.7 Å². The standard InChI is InChI=1S/C19H21ClN2/c20-16-7-5-15(6-8-16)17-3-1-2-4-18(17)19(9-10-19)22-13-11-21-12-14-22/h1-8,21H,9-14H2. The molecule has 0 bridgehead atoms. The molecule has 0 aromatic heterocycles. The molecule has 1 aliphatic heterocycles. The van der Waals surface area contributed by atoms with Gasteiger partial charge in [-0.05, 0) is 41.7 Å². The quantitative estimate of drug-likeness (QED) is 0.924. The zero-order valence-corrected chi connectivity index (χ0v) is 13.4. The van der Waals surface area contributed by atoms with Crippen molar-refractivity contribution in [1.82, 2.24) is 10.2 Å². The van der Waals surface area contributed by atoms with Crippen LogP contribution in [0.15, 0.2) is 48.5 Å². The zero-order valence-electron chi connectivity index (χ0n) is 12.7. The molecule has 2 aromatic rings. The number of nitrogens with zero attached hydrogens (tertiary/aromatic N) is 1. The predicted octanol–water partition coefficient (Wildman–Crippen LogP) is 3.90. The predicted molar refractivity (Wildman–Crippen MR) is 92.2 cm³/mol. The lowest BCUT2D eigenvalue weighted by atomic mass is 9.92. The fraction of sp³-hybridized carbons (Fsp3) is 0.368. The molecule has 1 N–H and O–H groups in total. The summed E-state index contributed by atoms with van der Waals surface area (Å²) in [4.78, 5) is 2.68. The lowest BCUT2D eigenvalue weighted by Crippen LogP contribution is -2.48. The number of hydrogen-bond donors (Lipinski definition) is 1. The molecule has 2 fully saturated rings. The highest BCUT2D eigenvalue weighted by atomic mass is 35.5. The van der Waals surface area contributed by atoms with Crippen LogP contribution < -0.4 is 5.32 Å². The normalized spacial score (nSPS) is 20.8. The van der Waals surface area contributed by atoms with E-state index in [1.807, 2.05) is 12.1 Å². The lowest BCUT2D eigenvalue weighted by molar-refractivity contribution is 0.155. The molecule has 2 aromatic carbocycles. The van der Waals surface area contributed by atoms with Crippen molar-refractivity contribution < 1.29 is 0 Å². The van der Waals surface area contributed by atoms with Gasteiger partial charge in [-0.3, -0.25) is 4.90 Å². The van der Waals surface area contributed by atoms with Gasteiger partial charge in [-0.1, -0.05) is 48.0 Å². The monoisotopic (exact) mass is 312 g/mol. The van der Waals surface area contributed by atoms with Gasteiger partial charge >= 0.3 is 0 Å². The molecule has 114 valence electrons. The topological polar surface area (TPSA) is 15.3 Å². The summed E-state index contributed by atoms with van der Waals surface area (Å²) >= 11 is 6.05. The van der Waals surface area contributed by atoms with E-state index in [9.17, 15) is 0 Å². The molecule has 22 heavy (non-hydrogen) atoms. The first-order chi connectivity index (χ1) is 10.8. The molecule has 0 radical (unpaired) electrons. The van der Waals surface area contributed by atoms with Crippen LogP contribution in [0.2, 0.25) is 5.02 Å². The van der Waals surface area contributed by atoms with Crippen LogP contribution in [0.1, 0.15) is 18.4 Å². The number of rotatable bonds is 3. The molecule has 1 heterocycles. The Bertz CT molecular complexity index is 655. The van der Waals surface area contributed by atoms with E-state index in [-0.39, 0.29) is 5.54 Å². The second kappa shape index (κ2) is 5.69. The van der Waals surface area contributed by atoms with Gasteiger partial charge in [0.15, 0.2) is 0 Å². The van der Waals surface area contributed by atoms with Gasteiger partial charge in [0.05, 0.1) is 0 Å². The van der Waals surface area contributed by atoms with E-state index >= 15 is 0 Å². The second-order valence-corrected chi connectivity index (χ2v) is 6.76. The van der Waals surface area contributed by atoms with Crippen molar-refractivity contribution in [2.24, 2.45) is 0 Å². The Morgan fingerprint density at radius 3 is 2.27 bits per heavy atom. The van der Waals surface area contributed by atoms with Crippen LogP contribution in [0.5, 0.6) is 0 Å². The molecule has 0 spiro atoms. The van der Waals surface area contributed by atoms with Crippen LogP contribution in [0.4, 0.5) is 0 Å². The fourth-order valence-corrected chi connectivity index (χ4v) is 3.86. The average molecular weight is 313 g/mol. The SMILES string of the molecule is Clc1ccc(-c2ccccc2C2(N3CCNCC3)CC2)cc1. The largest absolute Gasteiger partial charge is 0.314 e. The maximum Gasteiger partial charge on any atom is 0.0469 e. The number of benzene rings is 2. The molecule has 2 nitrogen and oxygen atoms in total. The molecule has 1 saturated carbocycles. The second-order valence-electron chi connectivity index (χ2n) is 6.32. The van der Waals surface area contributed by atoms with Crippen molar-refractivity contribution in [3.8, 4) is 11.1 Å². The Balaban J connectivity index is 1.74. The number of piperazine rings is 1. The summed E-state index contributed by atoms with van der Waals surface area (Å²) in [5.74, 6) is 0. The van der Waals surface area contributed by atoms with E-state index in [0.717, 1.165) is 31.2 Å². The van der Waals surface area contributed by atoms with Gasteiger partial charge in [0.25, 0.3) is 0 Å². The van der Waals surface area contributed by atoms with Crippen molar-refractivity contribution in [3.63, 3.8) is 0 Å². The maximum absolute atomic E-state index is 6.05. The highest BCUT2D eigenvalue weighted by Crippen LogP contribution is 2.53. The molecule has 1 saturated heterocycles. The van der Waals surface area contributed by atoms with E-state index in [1.165, 1.54) is 29.5 Å². The lowest BCUT2D eigenvalue weighted by Gasteiger charge is -2.36. The summed E-state index contributed by atoms with van der Waals surface area (Å²) in [6.45, 7) is 4.50. The van der Waals surface area contributed by atoms with Crippen molar-refractivity contribution in [2.75, 3.05) is 26.2 Å². The molecule has 0 atom stereocenters. The molecule has 0 amide bonds. The summed E-state index contributed by atoms with van der Waals surface area (Å²) in [5.41, 5.74) is 4.37. The van der Waals surface area contributed by atoms with Crippen molar-refractivity contribution in [2.45, 2.75) is 18.4 Å². The van der Waals surface area contributed by atoms with Crippen molar-refractivity contribution in [3.05, 3.63) is 59.1 Å². The number of halogens is 1. The van der Waals surface area contributed by atoms with Gasteiger partial charge < -0.3 is 5.32 Å². The summed E-state index contributed by atoms with van der Waals surface area (Å²) in [6.07, 6.45) is 2.55. The zero-order chi connectivity index (χ0) is 15.0. The molecule has 0 unspecified atom stereocenters. The van der Waals surface area contributed by atoms with E-state index in [1.54, 1.807) is 0 Å². The van der Waals surface area contributed by atoms with Crippen LogP contribution in [0.3, 0.4) is 0 Å². The Morgan fingerprint density at radius 2 is 1.59 bits per heavy atom. The molecular formula is C19H21ClN2. The third kappa shape index (κ3) is 2.45. The minimum absolute atomic E-state index is 0.262. The van der Waals surface area contributed by atoms with Crippen molar-refractivity contribution >= 4 is 11.6 Å². The first-order valence-electron chi connectivity index (χ1n) is 8.11. The maximum atomic E-state index is 6.05. The van der Waals surface area contributed by atoms with Crippen LogP contribution in [0.25, 0.3) is 11.1 Å². The van der Waals surface area contributed by atoms with Gasteiger partial charge in [0.1, 0.15) is 0 Å². The summed E-state index contributed by atoms with van der Waals surface area (Å²) < 4.78 is 0. The first kappa shape index (κ1) is 14.3.